The Hall–Kier alpha value is -5.00. The first kappa shape index (κ1) is 26.2. The third-order valence-corrected chi connectivity index (χ3v) is 6.42. The Morgan fingerprint density at radius 2 is 1.15 bits per heavy atom. The van der Waals surface area contributed by atoms with Gasteiger partial charge in [-0.1, -0.05) is 36.4 Å². The van der Waals surface area contributed by atoms with E-state index in [0.717, 1.165) is 12.2 Å². The highest BCUT2D eigenvalue weighted by molar-refractivity contribution is 6.34. The van der Waals surface area contributed by atoms with Gasteiger partial charge in [-0.3, -0.25) is 0 Å². The highest BCUT2D eigenvalue weighted by atomic mass is 19.2. The summed E-state index contributed by atoms with van der Waals surface area (Å²) in [5.74, 6) is -14.8. The molecule has 8 bridgehead atoms. The lowest BCUT2D eigenvalue weighted by Gasteiger charge is -2.09. The maximum absolute atomic E-state index is 16.0. The largest absolute Gasteiger partial charge is 0.245 e. The summed E-state index contributed by atoms with van der Waals surface area (Å²) < 4.78 is 120. The Labute approximate surface area is 225 Å². The van der Waals surface area contributed by atoms with Crippen LogP contribution in [-0.4, -0.2) is 22.8 Å². The highest BCUT2D eigenvalue weighted by Crippen LogP contribution is 2.43. The molecule has 41 heavy (non-hydrogen) atoms. The van der Waals surface area contributed by atoms with Crippen molar-refractivity contribution in [3.63, 3.8) is 0 Å². The molecule has 0 fully saturated rings. The molecule has 0 amide bonds. The van der Waals surface area contributed by atoms with Crippen molar-refractivity contribution in [1.82, 2.24) is 0 Å². The van der Waals surface area contributed by atoms with Gasteiger partial charge in [0.15, 0.2) is 46.6 Å². The fraction of sp³-hybridized carbons (Fsp3) is 0.0345. The number of hydrogen-bond donors (Lipinski definition) is 0. The van der Waals surface area contributed by atoms with Crippen LogP contribution in [0.4, 0.5) is 35.1 Å². The van der Waals surface area contributed by atoms with Gasteiger partial charge >= 0.3 is 0 Å². The molecule has 1 aromatic rings. The van der Waals surface area contributed by atoms with Crippen molar-refractivity contribution >= 4 is 28.4 Å². The predicted octanol–water partition coefficient (Wildman–Crippen LogP) is 8.43. The first-order chi connectivity index (χ1) is 19.6. The predicted molar refractivity (Wildman–Crippen MR) is 138 cm³/mol. The quantitative estimate of drug-likeness (QED) is 0.260. The Bertz CT molecular complexity index is 1870. The average molecular weight is 568 g/mol. The number of halogens is 8. The number of hydrogen-bond acceptors (Lipinski definition) is 4. The molecule has 12 heteroatoms. The number of benzene rings is 1. The number of allylic oxidation sites excluding steroid dienone is 13. The van der Waals surface area contributed by atoms with Gasteiger partial charge in [0, 0.05) is 11.6 Å². The Balaban J connectivity index is 1.72. The van der Waals surface area contributed by atoms with Gasteiger partial charge in [0.1, 0.15) is 34.2 Å². The summed E-state index contributed by atoms with van der Waals surface area (Å²) in [6.07, 6.45) is 3.26. The summed E-state index contributed by atoms with van der Waals surface area (Å²) in [6, 6.07) is 8.31. The van der Waals surface area contributed by atoms with E-state index in [-0.39, 0.29) is 29.0 Å². The number of fused-ring (bicyclic) bond motifs is 4. The lowest BCUT2D eigenvalue weighted by Crippen LogP contribution is -2.02. The lowest BCUT2D eigenvalue weighted by atomic mass is 9.93. The van der Waals surface area contributed by atoms with E-state index in [4.69, 9.17) is 0 Å². The SMILES string of the molecule is C=CCC1=C(c2ccccc2)C2=NC1=C(F)C1=NC(=C(F)C3=NC(=C(F)C4=NC(=C2)C=C4F)C(F)=C3F)C(F)=C1F. The summed E-state index contributed by atoms with van der Waals surface area (Å²) in [4.78, 5) is 14.5. The van der Waals surface area contributed by atoms with Crippen molar-refractivity contribution in [2.45, 2.75) is 6.42 Å². The zero-order valence-corrected chi connectivity index (χ0v) is 20.3. The van der Waals surface area contributed by atoms with E-state index in [2.05, 4.69) is 26.5 Å². The molecule has 5 heterocycles. The topological polar surface area (TPSA) is 49.4 Å². The maximum atomic E-state index is 16.0. The van der Waals surface area contributed by atoms with Gasteiger partial charge in [-0.05, 0) is 23.6 Å². The van der Waals surface area contributed by atoms with Gasteiger partial charge in [-0.15, -0.1) is 6.58 Å². The second-order valence-electron chi connectivity index (χ2n) is 8.90. The molecule has 0 aromatic heterocycles. The summed E-state index contributed by atoms with van der Waals surface area (Å²) in [6.45, 7) is 3.64. The minimum absolute atomic E-state index is 0.0360. The summed E-state index contributed by atoms with van der Waals surface area (Å²) in [5.41, 5.74) is -6.94. The summed E-state index contributed by atoms with van der Waals surface area (Å²) in [7, 11) is 0. The fourth-order valence-electron chi connectivity index (χ4n) is 4.61. The third kappa shape index (κ3) is 3.97. The van der Waals surface area contributed by atoms with Crippen LogP contribution in [-0.2, 0) is 0 Å². The molecule has 5 aliphatic heterocycles. The van der Waals surface area contributed by atoms with Crippen molar-refractivity contribution in [3.05, 3.63) is 136 Å². The van der Waals surface area contributed by atoms with Gasteiger partial charge in [-0.25, -0.2) is 55.1 Å². The van der Waals surface area contributed by atoms with Crippen LogP contribution < -0.4 is 0 Å². The molecule has 0 unspecified atom stereocenters. The van der Waals surface area contributed by atoms with E-state index in [1.54, 1.807) is 30.3 Å². The molecule has 0 atom stereocenters. The molecule has 0 saturated heterocycles. The van der Waals surface area contributed by atoms with Crippen LogP contribution in [0.1, 0.15) is 12.0 Å². The van der Waals surface area contributed by atoms with Crippen molar-refractivity contribution in [2.75, 3.05) is 0 Å². The van der Waals surface area contributed by atoms with Gasteiger partial charge in [-0.2, -0.15) is 0 Å². The molecule has 0 spiro atoms. The Morgan fingerprint density at radius 3 is 1.73 bits per heavy atom. The van der Waals surface area contributed by atoms with Crippen molar-refractivity contribution in [2.24, 2.45) is 20.0 Å². The maximum Gasteiger partial charge on any atom is 0.189 e. The van der Waals surface area contributed by atoms with E-state index >= 15 is 13.2 Å². The van der Waals surface area contributed by atoms with Crippen molar-refractivity contribution < 1.29 is 35.1 Å². The number of aliphatic imine (C=N–C) groups is 4. The van der Waals surface area contributed by atoms with E-state index in [0.29, 0.717) is 5.56 Å². The van der Waals surface area contributed by atoms with Crippen LogP contribution >= 0.6 is 0 Å². The monoisotopic (exact) mass is 568 g/mol. The Kier molecular flexibility index (Phi) is 6.13. The lowest BCUT2D eigenvalue weighted by molar-refractivity contribution is 0.559. The Morgan fingerprint density at radius 1 is 0.585 bits per heavy atom. The van der Waals surface area contributed by atoms with Crippen LogP contribution in [0.3, 0.4) is 0 Å². The van der Waals surface area contributed by atoms with Crippen molar-refractivity contribution in [3.8, 4) is 0 Å². The summed E-state index contributed by atoms with van der Waals surface area (Å²) in [5, 5.41) is 0. The van der Waals surface area contributed by atoms with Gasteiger partial charge < -0.3 is 0 Å². The molecular weight excluding hydrogens is 556 g/mol. The molecule has 0 N–H and O–H groups in total. The molecular formula is C29H12F8N4. The molecule has 204 valence electrons. The van der Waals surface area contributed by atoms with Gasteiger partial charge in [0.05, 0.1) is 11.4 Å². The van der Waals surface area contributed by atoms with E-state index in [1.165, 1.54) is 6.08 Å². The normalized spacial score (nSPS) is 20.7. The van der Waals surface area contributed by atoms with E-state index < -0.39 is 80.8 Å². The van der Waals surface area contributed by atoms with Gasteiger partial charge in [0.25, 0.3) is 0 Å². The molecule has 6 rings (SSSR count). The zero-order valence-electron chi connectivity index (χ0n) is 20.3. The highest BCUT2D eigenvalue weighted by Gasteiger charge is 2.39. The first-order valence-electron chi connectivity index (χ1n) is 11.8. The minimum atomic E-state index is -2.09. The van der Waals surface area contributed by atoms with Crippen LogP contribution in [0.5, 0.6) is 0 Å². The second-order valence-corrected chi connectivity index (χ2v) is 8.90. The number of nitrogens with zero attached hydrogens (tertiary/aromatic N) is 4. The molecule has 0 saturated carbocycles. The van der Waals surface area contributed by atoms with E-state index in [1.807, 2.05) is 0 Å². The molecule has 0 aliphatic carbocycles. The standard InChI is InChI=1S/C29H12F8N4/c1-2-6-13-16(11-7-4-3-5-8-11)15-10-12-9-14(30)25(38-12)22(36)27-18(32)20(34)29(41-27)23(37)28-19(33)17(31)26(40-28)21(35)24(13)39-15/h2-5,7-10H,1,6H2. The smallest absolute Gasteiger partial charge is 0.189 e. The molecule has 1 aromatic carbocycles. The fourth-order valence-corrected chi connectivity index (χ4v) is 4.61. The van der Waals surface area contributed by atoms with Crippen LogP contribution in [0, 0.1) is 0 Å². The minimum Gasteiger partial charge on any atom is -0.245 e. The molecule has 4 nitrogen and oxygen atoms in total. The average Bonchev–Trinajstić information content (AvgIpc) is 3.68. The molecule has 0 radical (unpaired) electrons. The summed E-state index contributed by atoms with van der Waals surface area (Å²) >= 11 is 0. The van der Waals surface area contributed by atoms with Crippen LogP contribution in [0.2, 0.25) is 0 Å². The zero-order chi connectivity index (χ0) is 29.2. The first-order valence-corrected chi connectivity index (χ1v) is 11.8. The third-order valence-electron chi connectivity index (χ3n) is 6.42. The second kappa shape index (κ2) is 9.58. The van der Waals surface area contributed by atoms with E-state index in [9.17, 15) is 22.0 Å². The van der Waals surface area contributed by atoms with Crippen molar-refractivity contribution in [1.29, 1.82) is 0 Å². The number of rotatable bonds is 3. The van der Waals surface area contributed by atoms with Crippen LogP contribution in [0.15, 0.2) is 150 Å². The van der Waals surface area contributed by atoms with Gasteiger partial charge in [0.2, 0.25) is 0 Å². The van der Waals surface area contributed by atoms with Crippen LogP contribution in [0.25, 0.3) is 5.57 Å². The molecule has 5 aliphatic rings.